The van der Waals surface area contributed by atoms with E-state index in [0.717, 1.165) is 6.26 Å². The lowest BCUT2D eigenvalue weighted by Gasteiger charge is -2.10. The monoisotopic (exact) mass is 290 g/mol. The van der Waals surface area contributed by atoms with Gasteiger partial charge in [0.2, 0.25) is 0 Å². The van der Waals surface area contributed by atoms with Crippen molar-refractivity contribution in [3.63, 3.8) is 0 Å². The second-order valence-electron chi connectivity index (χ2n) is 3.30. The molecule has 0 N–H and O–H groups in total. The fourth-order valence-corrected chi connectivity index (χ4v) is 1.84. The maximum Gasteiger partial charge on any atom is 0.306 e. The number of hydrogen-bond donors (Lipinski definition) is 0. The Morgan fingerprint density at radius 1 is 1.33 bits per heavy atom. The van der Waals surface area contributed by atoms with Crippen LogP contribution in [0.3, 0.4) is 0 Å². The first-order valence-electron chi connectivity index (χ1n) is 4.76. The van der Waals surface area contributed by atoms with E-state index in [2.05, 4.69) is 0 Å². The van der Waals surface area contributed by atoms with Crippen molar-refractivity contribution in [1.29, 1.82) is 0 Å². The number of allylic oxidation sites excluding steroid dienone is 1. The second-order valence-corrected chi connectivity index (χ2v) is 5.29. The van der Waals surface area contributed by atoms with Gasteiger partial charge in [-0.2, -0.15) is 8.42 Å². The average molecular weight is 291 g/mol. The third-order valence-electron chi connectivity index (χ3n) is 1.89. The van der Waals surface area contributed by atoms with Crippen LogP contribution in [0.4, 0.5) is 0 Å². The molecule has 0 saturated carbocycles. The van der Waals surface area contributed by atoms with Crippen molar-refractivity contribution in [2.24, 2.45) is 0 Å². The molecule has 1 aromatic carbocycles. The lowest BCUT2D eigenvalue weighted by Crippen LogP contribution is -2.06. The molecule has 0 saturated heterocycles. The standard InChI is InChI=1S/C11H11ClO5S/c1-16-11-7-8(9(12)5-6-13)3-4-10(11)17-18(2,14)15/h3-7H,1-2H3. The number of carbonyl (C=O) groups excluding carboxylic acids is 1. The highest BCUT2D eigenvalue weighted by molar-refractivity contribution is 7.86. The van der Waals surface area contributed by atoms with Gasteiger partial charge in [0.1, 0.15) is 6.29 Å². The molecule has 0 radical (unpaired) electrons. The summed E-state index contributed by atoms with van der Waals surface area (Å²) in [5.41, 5.74) is 0.515. The van der Waals surface area contributed by atoms with Crippen molar-refractivity contribution < 1.29 is 22.1 Å². The first-order chi connectivity index (χ1) is 8.37. The third kappa shape index (κ3) is 4.05. The van der Waals surface area contributed by atoms with E-state index < -0.39 is 10.1 Å². The molecule has 0 aliphatic carbocycles. The van der Waals surface area contributed by atoms with Gasteiger partial charge in [0, 0.05) is 0 Å². The molecular weight excluding hydrogens is 280 g/mol. The molecule has 0 aromatic heterocycles. The molecule has 0 amide bonds. The Morgan fingerprint density at radius 2 is 2.00 bits per heavy atom. The van der Waals surface area contributed by atoms with E-state index in [1.165, 1.54) is 31.4 Å². The molecule has 0 aliphatic rings. The zero-order valence-corrected chi connectivity index (χ0v) is 11.3. The average Bonchev–Trinajstić information content (AvgIpc) is 2.27. The van der Waals surface area contributed by atoms with Crippen LogP contribution < -0.4 is 8.92 Å². The van der Waals surface area contributed by atoms with E-state index >= 15 is 0 Å². The Labute approximate surface area is 110 Å². The molecule has 0 unspecified atom stereocenters. The minimum absolute atomic E-state index is 0.0549. The fraction of sp³-hybridized carbons (Fsp3) is 0.182. The summed E-state index contributed by atoms with van der Waals surface area (Å²) in [6.45, 7) is 0. The van der Waals surface area contributed by atoms with Crippen LogP contribution in [0.15, 0.2) is 24.3 Å². The third-order valence-corrected chi connectivity index (χ3v) is 2.72. The number of methoxy groups -OCH3 is 1. The van der Waals surface area contributed by atoms with E-state index in [1.54, 1.807) is 0 Å². The van der Waals surface area contributed by atoms with Crippen LogP contribution in [0.25, 0.3) is 5.03 Å². The van der Waals surface area contributed by atoms with Gasteiger partial charge in [0.15, 0.2) is 11.5 Å². The van der Waals surface area contributed by atoms with Crippen LogP contribution in [0.2, 0.25) is 0 Å². The van der Waals surface area contributed by atoms with E-state index in [4.69, 9.17) is 20.5 Å². The number of rotatable bonds is 5. The minimum Gasteiger partial charge on any atom is -0.493 e. The van der Waals surface area contributed by atoms with Gasteiger partial charge < -0.3 is 8.92 Å². The summed E-state index contributed by atoms with van der Waals surface area (Å²) in [7, 11) is -2.27. The molecule has 1 aromatic rings. The molecule has 0 heterocycles. The normalized spacial score (nSPS) is 12.1. The van der Waals surface area contributed by atoms with Crippen molar-refractivity contribution in [2.45, 2.75) is 0 Å². The fourth-order valence-electron chi connectivity index (χ4n) is 1.20. The molecule has 0 fully saturated rings. The van der Waals surface area contributed by atoms with Crippen molar-refractivity contribution in [3.05, 3.63) is 29.8 Å². The van der Waals surface area contributed by atoms with E-state index in [9.17, 15) is 13.2 Å². The molecule has 5 nitrogen and oxygen atoms in total. The summed E-state index contributed by atoms with van der Waals surface area (Å²) in [6.07, 6.45) is 2.66. The number of ether oxygens (including phenoxy) is 1. The van der Waals surface area contributed by atoms with Crippen molar-refractivity contribution >= 4 is 33.0 Å². The molecule has 0 aliphatic heterocycles. The summed E-state index contributed by atoms with van der Waals surface area (Å²) < 4.78 is 31.8. The van der Waals surface area contributed by atoms with Crippen LogP contribution in [0.1, 0.15) is 5.56 Å². The number of aldehydes is 1. The SMILES string of the molecule is COc1cc(C(Cl)=CC=O)ccc1OS(C)(=O)=O. The van der Waals surface area contributed by atoms with Gasteiger partial charge in [-0.05, 0) is 29.8 Å². The predicted octanol–water partition coefficient (Wildman–Crippen LogP) is 1.81. The molecule has 7 heteroatoms. The Balaban J connectivity index is 3.19. The van der Waals surface area contributed by atoms with Crippen molar-refractivity contribution in [3.8, 4) is 11.5 Å². The van der Waals surface area contributed by atoms with E-state index in [0.29, 0.717) is 11.8 Å². The Bertz CT molecular complexity index is 577. The molecule has 18 heavy (non-hydrogen) atoms. The molecule has 98 valence electrons. The van der Waals surface area contributed by atoms with E-state index in [-0.39, 0.29) is 16.5 Å². The van der Waals surface area contributed by atoms with Crippen LogP contribution in [0.5, 0.6) is 11.5 Å². The highest BCUT2D eigenvalue weighted by atomic mass is 35.5. The first-order valence-corrected chi connectivity index (χ1v) is 6.95. The Morgan fingerprint density at radius 3 is 2.50 bits per heavy atom. The maximum absolute atomic E-state index is 11.0. The molecule has 0 bridgehead atoms. The number of hydrogen-bond acceptors (Lipinski definition) is 5. The molecular formula is C11H11ClO5S. The van der Waals surface area contributed by atoms with Crippen molar-refractivity contribution in [2.75, 3.05) is 13.4 Å². The topological polar surface area (TPSA) is 69.7 Å². The Hall–Kier alpha value is -1.53. The lowest BCUT2D eigenvalue weighted by molar-refractivity contribution is -0.104. The smallest absolute Gasteiger partial charge is 0.306 e. The van der Waals surface area contributed by atoms with Gasteiger partial charge in [-0.15, -0.1) is 0 Å². The second kappa shape index (κ2) is 5.88. The van der Waals surface area contributed by atoms with Crippen LogP contribution >= 0.6 is 11.6 Å². The lowest BCUT2D eigenvalue weighted by atomic mass is 10.2. The summed E-state index contributed by atoms with van der Waals surface area (Å²) in [6, 6.07) is 4.39. The van der Waals surface area contributed by atoms with Crippen LogP contribution in [-0.4, -0.2) is 28.1 Å². The molecule has 0 atom stereocenters. The zero-order chi connectivity index (χ0) is 13.8. The molecule has 1 rings (SSSR count). The summed E-state index contributed by atoms with van der Waals surface area (Å²) in [5, 5.41) is 0.217. The van der Waals surface area contributed by atoms with Gasteiger partial charge in [0.25, 0.3) is 0 Å². The van der Waals surface area contributed by atoms with Crippen LogP contribution in [-0.2, 0) is 14.9 Å². The van der Waals surface area contributed by atoms with Gasteiger partial charge in [0.05, 0.1) is 18.4 Å². The van der Waals surface area contributed by atoms with Gasteiger partial charge in [-0.3, -0.25) is 4.79 Å². The van der Waals surface area contributed by atoms with Crippen molar-refractivity contribution in [1.82, 2.24) is 0 Å². The maximum atomic E-state index is 11.0. The molecule has 0 spiro atoms. The van der Waals surface area contributed by atoms with Gasteiger partial charge >= 0.3 is 10.1 Å². The van der Waals surface area contributed by atoms with E-state index in [1.807, 2.05) is 0 Å². The Kier molecular flexibility index (Phi) is 4.75. The highest BCUT2D eigenvalue weighted by Crippen LogP contribution is 2.32. The predicted molar refractivity (Wildman–Crippen MR) is 68.4 cm³/mol. The number of halogens is 1. The number of carbonyl (C=O) groups is 1. The van der Waals surface area contributed by atoms with Gasteiger partial charge in [-0.25, -0.2) is 0 Å². The van der Waals surface area contributed by atoms with Gasteiger partial charge in [-0.1, -0.05) is 11.6 Å². The quantitative estimate of drug-likeness (QED) is 0.470. The summed E-state index contributed by atoms with van der Waals surface area (Å²) in [5.74, 6) is 0.259. The zero-order valence-electron chi connectivity index (χ0n) is 9.71. The minimum atomic E-state index is -3.64. The summed E-state index contributed by atoms with van der Waals surface area (Å²) >= 11 is 5.84. The largest absolute Gasteiger partial charge is 0.493 e. The first kappa shape index (κ1) is 14.5. The summed E-state index contributed by atoms with van der Waals surface area (Å²) in [4.78, 5) is 10.3. The number of benzene rings is 1. The van der Waals surface area contributed by atoms with Crippen LogP contribution in [0, 0.1) is 0 Å². The highest BCUT2D eigenvalue weighted by Gasteiger charge is 2.12.